The molecule has 0 radical (unpaired) electrons. The Morgan fingerprint density at radius 2 is 1.86 bits per heavy atom. The van der Waals surface area contributed by atoms with E-state index < -0.39 is 17.6 Å². The van der Waals surface area contributed by atoms with Gasteiger partial charge in [-0.15, -0.1) is 0 Å². The van der Waals surface area contributed by atoms with Gasteiger partial charge in [-0.2, -0.15) is 0 Å². The Balaban J connectivity index is 1.99. The number of nitrogens with two attached hydrogens (primary N) is 1. The second-order valence-corrected chi connectivity index (χ2v) is 7.15. The summed E-state index contributed by atoms with van der Waals surface area (Å²) in [5.41, 5.74) is 6.72. The lowest BCUT2D eigenvalue weighted by Crippen LogP contribution is -2.44. The lowest BCUT2D eigenvalue weighted by atomic mass is 9.94. The molecular formula is C21H20F2N4O2. The van der Waals surface area contributed by atoms with Gasteiger partial charge >= 0.3 is 5.97 Å². The Morgan fingerprint density at radius 3 is 2.55 bits per heavy atom. The maximum atomic E-state index is 14.6. The number of likely N-dealkylation sites (N-methyl/N-ethyl adjacent to an activating group) is 1. The summed E-state index contributed by atoms with van der Waals surface area (Å²) in [6.45, 7) is 3.40. The van der Waals surface area contributed by atoms with Crippen LogP contribution >= 0.6 is 0 Å². The van der Waals surface area contributed by atoms with Gasteiger partial charge < -0.3 is 20.6 Å². The molecule has 2 aromatic carbocycles. The minimum Gasteiger partial charge on any atom is -0.478 e. The van der Waals surface area contributed by atoms with Gasteiger partial charge in [0.05, 0.1) is 5.52 Å². The molecule has 29 heavy (non-hydrogen) atoms. The zero-order chi connectivity index (χ0) is 20.7. The number of piperazine rings is 1. The fourth-order valence-corrected chi connectivity index (χ4v) is 3.72. The molecule has 6 nitrogen and oxygen atoms in total. The van der Waals surface area contributed by atoms with E-state index in [9.17, 15) is 18.7 Å². The predicted octanol–water partition coefficient (Wildman–Crippen LogP) is 3.21. The molecule has 1 saturated heterocycles. The van der Waals surface area contributed by atoms with E-state index in [4.69, 9.17) is 5.73 Å². The van der Waals surface area contributed by atoms with Crippen molar-refractivity contribution in [2.75, 3.05) is 43.9 Å². The summed E-state index contributed by atoms with van der Waals surface area (Å²) in [6.07, 6.45) is 0. The van der Waals surface area contributed by atoms with Crippen molar-refractivity contribution < 1.29 is 18.7 Å². The van der Waals surface area contributed by atoms with Gasteiger partial charge in [0, 0.05) is 48.4 Å². The van der Waals surface area contributed by atoms with Crippen LogP contribution in [0.4, 0.5) is 20.3 Å². The monoisotopic (exact) mass is 398 g/mol. The second kappa shape index (κ2) is 7.29. The number of pyridine rings is 1. The molecule has 1 aromatic heterocycles. The van der Waals surface area contributed by atoms with Gasteiger partial charge in [0.2, 0.25) is 0 Å². The maximum absolute atomic E-state index is 14.6. The van der Waals surface area contributed by atoms with Crippen LogP contribution in [-0.4, -0.2) is 54.2 Å². The van der Waals surface area contributed by atoms with Crippen LogP contribution < -0.4 is 10.6 Å². The molecule has 0 bridgehead atoms. The summed E-state index contributed by atoms with van der Waals surface area (Å²) in [7, 11) is 2.05. The van der Waals surface area contributed by atoms with Crippen LogP contribution in [0.5, 0.6) is 0 Å². The number of fused-ring (bicyclic) bond motifs is 1. The molecule has 1 aliphatic rings. The first kappa shape index (κ1) is 19.1. The molecule has 3 N–H and O–H groups in total. The first-order chi connectivity index (χ1) is 13.9. The highest BCUT2D eigenvalue weighted by molar-refractivity contribution is 6.10. The van der Waals surface area contributed by atoms with Crippen molar-refractivity contribution in [1.82, 2.24) is 9.88 Å². The zero-order valence-electron chi connectivity index (χ0n) is 15.8. The van der Waals surface area contributed by atoms with E-state index in [2.05, 4.69) is 14.8 Å². The molecule has 1 fully saturated rings. The van der Waals surface area contributed by atoms with E-state index in [0.717, 1.165) is 37.9 Å². The standard InChI is InChI=1S/C21H20F2N4O2/c1-26-7-9-27(10-8-26)12-5-6-16-14(11-12)17(18(21(28)29)20(24)25-16)13-3-2-4-15(22)19(13)23/h2-6,11H,7-10H2,1H3,(H2,24,25)(H,28,29). The van der Waals surface area contributed by atoms with E-state index in [-0.39, 0.29) is 22.5 Å². The molecule has 0 saturated carbocycles. The van der Waals surface area contributed by atoms with Crippen molar-refractivity contribution in [2.24, 2.45) is 0 Å². The van der Waals surface area contributed by atoms with Crippen LogP contribution in [0.1, 0.15) is 10.4 Å². The fourth-order valence-electron chi connectivity index (χ4n) is 3.72. The Morgan fingerprint density at radius 1 is 1.14 bits per heavy atom. The van der Waals surface area contributed by atoms with Crippen LogP contribution in [0.3, 0.4) is 0 Å². The molecule has 2 heterocycles. The van der Waals surface area contributed by atoms with Gasteiger partial charge in [0.15, 0.2) is 11.6 Å². The third kappa shape index (κ3) is 3.36. The third-order valence-electron chi connectivity index (χ3n) is 5.30. The summed E-state index contributed by atoms with van der Waals surface area (Å²) < 4.78 is 28.6. The molecular weight excluding hydrogens is 378 g/mol. The number of rotatable bonds is 3. The van der Waals surface area contributed by atoms with Crippen molar-refractivity contribution in [2.45, 2.75) is 0 Å². The Bertz CT molecular complexity index is 1110. The topological polar surface area (TPSA) is 82.7 Å². The summed E-state index contributed by atoms with van der Waals surface area (Å²) in [5, 5.41) is 10.1. The van der Waals surface area contributed by atoms with Gasteiger partial charge in [-0.3, -0.25) is 0 Å². The number of hydrogen-bond donors (Lipinski definition) is 2. The highest BCUT2D eigenvalue weighted by Gasteiger charge is 2.25. The number of nitrogens with zero attached hydrogens (tertiary/aromatic N) is 3. The maximum Gasteiger partial charge on any atom is 0.340 e. The van der Waals surface area contributed by atoms with E-state index in [1.54, 1.807) is 12.1 Å². The number of anilines is 2. The molecule has 1 aliphatic heterocycles. The number of nitrogen functional groups attached to an aromatic ring is 1. The van der Waals surface area contributed by atoms with Crippen LogP contribution in [0.25, 0.3) is 22.0 Å². The quantitative estimate of drug-likeness (QED) is 0.705. The highest BCUT2D eigenvalue weighted by atomic mass is 19.2. The number of carbonyl (C=O) groups is 1. The van der Waals surface area contributed by atoms with Crippen LogP contribution in [0.15, 0.2) is 36.4 Å². The number of aromatic nitrogens is 1. The molecule has 0 spiro atoms. The minimum atomic E-state index is -1.35. The average Bonchev–Trinajstić information content (AvgIpc) is 2.69. The smallest absolute Gasteiger partial charge is 0.340 e. The summed E-state index contributed by atoms with van der Waals surface area (Å²) in [6, 6.07) is 9.06. The average molecular weight is 398 g/mol. The Hall–Kier alpha value is -3.26. The molecule has 0 amide bonds. The normalized spacial score (nSPS) is 15.1. The minimum absolute atomic E-state index is 0.0352. The van der Waals surface area contributed by atoms with Crippen molar-refractivity contribution in [3.63, 3.8) is 0 Å². The summed E-state index contributed by atoms with van der Waals surface area (Å²) in [5.74, 6) is -3.76. The van der Waals surface area contributed by atoms with Gasteiger partial charge in [-0.25, -0.2) is 18.6 Å². The Labute approximate surface area is 166 Å². The predicted molar refractivity (Wildman–Crippen MR) is 108 cm³/mol. The number of aromatic carboxylic acids is 1. The molecule has 0 aliphatic carbocycles. The van der Waals surface area contributed by atoms with Crippen molar-refractivity contribution in [3.05, 3.63) is 53.6 Å². The Kier molecular flexibility index (Phi) is 4.79. The van der Waals surface area contributed by atoms with Crippen LogP contribution in [-0.2, 0) is 0 Å². The molecule has 4 rings (SSSR count). The lowest BCUT2D eigenvalue weighted by molar-refractivity contribution is 0.0698. The number of carboxylic acids is 1. The van der Waals surface area contributed by atoms with E-state index in [1.807, 2.05) is 13.1 Å². The largest absolute Gasteiger partial charge is 0.478 e. The second-order valence-electron chi connectivity index (χ2n) is 7.15. The van der Waals surface area contributed by atoms with Crippen LogP contribution in [0.2, 0.25) is 0 Å². The van der Waals surface area contributed by atoms with Gasteiger partial charge in [-0.1, -0.05) is 12.1 Å². The first-order valence-corrected chi connectivity index (χ1v) is 9.21. The highest BCUT2D eigenvalue weighted by Crippen LogP contribution is 2.38. The van der Waals surface area contributed by atoms with E-state index >= 15 is 0 Å². The number of halogens is 2. The van der Waals surface area contributed by atoms with Crippen LogP contribution in [0, 0.1) is 11.6 Å². The van der Waals surface area contributed by atoms with Gasteiger partial charge in [0.25, 0.3) is 0 Å². The van der Waals surface area contributed by atoms with Crippen molar-refractivity contribution in [1.29, 1.82) is 0 Å². The summed E-state index contributed by atoms with van der Waals surface area (Å²) in [4.78, 5) is 20.5. The molecule has 0 unspecified atom stereocenters. The number of hydrogen-bond acceptors (Lipinski definition) is 5. The molecule has 0 atom stereocenters. The fraction of sp³-hybridized carbons (Fsp3) is 0.238. The van der Waals surface area contributed by atoms with Gasteiger partial charge in [-0.05, 0) is 31.3 Å². The summed E-state index contributed by atoms with van der Waals surface area (Å²) >= 11 is 0. The van der Waals surface area contributed by atoms with Crippen molar-refractivity contribution in [3.8, 4) is 11.1 Å². The van der Waals surface area contributed by atoms with E-state index in [1.165, 1.54) is 12.1 Å². The van der Waals surface area contributed by atoms with Crippen molar-refractivity contribution >= 4 is 28.4 Å². The molecule has 8 heteroatoms. The number of benzene rings is 2. The number of carboxylic acid groups (broad SMARTS) is 1. The van der Waals surface area contributed by atoms with E-state index in [0.29, 0.717) is 10.9 Å². The van der Waals surface area contributed by atoms with Gasteiger partial charge in [0.1, 0.15) is 11.4 Å². The third-order valence-corrected chi connectivity index (χ3v) is 5.30. The lowest BCUT2D eigenvalue weighted by Gasteiger charge is -2.34. The molecule has 3 aromatic rings. The SMILES string of the molecule is CN1CCN(c2ccc3nc(N)c(C(=O)O)c(-c4cccc(F)c4F)c3c2)CC1. The molecule has 150 valence electrons. The first-order valence-electron chi connectivity index (χ1n) is 9.21. The zero-order valence-corrected chi connectivity index (χ0v) is 15.8.